The van der Waals surface area contributed by atoms with Crippen molar-refractivity contribution >= 4 is 11.6 Å². The minimum Gasteiger partial charge on any atom is -0.504 e. The van der Waals surface area contributed by atoms with E-state index in [0.29, 0.717) is 0 Å². The fourth-order valence-corrected chi connectivity index (χ4v) is 0.799. The van der Waals surface area contributed by atoms with Crippen molar-refractivity contribution < 1.29 is 35.1 Å². The van der Waals surface area contributed by atoms with Gasteiger partial charge >= 0.3 is 0 Å². The highest BCUT2D eigenvalue weighted by molar-refractivity contribution is 6.14. The summed E-state index contributed by atoms with van der Waals surface area (Å²) < 4.78 is 0. The zero-order valence-electron chi connectivity index (χ0n) is 6.13. The molecule has 0 aromatic carbocycles. The van der Waals surface area contributed by atoms with Gasteiger partial charge in [-0.3, -0.25) is 9.59 Å². The average molecular weight is 190 g/mol. The van der Waals surface area contributed by atoms with Crippen LogP contribution in [0.25, 0.3) is 0 Å². The molecule has 0 aliphatic heterocycles. The second kappa shape index (κ2) is 2.36. The lowest BCUT2D eigenvalue weighted by atomic mass is 9.90. The van der Waals surface area contributed by atoms with Crippen molar-refractivity contribution in [3.8, 4) is 0 Å². The molecule has 0 heterocycles. The molecule has 0 aromatic rings. The van der Waals surface area contributed by atoms with Gasteiger partial charge in [0.15, 0.2) is 5.76 Å². The summed E-state index contributed by atoms with van der Waals surface area (Å²) in [7, 11) is 0. The van der Waals surface area contributed by atoms with Crippen molar-refractivity contribution in [3.05, 3.63) is 11.8 Å². The van der Waals surface area contributed by atoms with Gasteiger partial charge in [0.05, 0.1) is 0 Å². The summed E-state index contributed by atoms with van der Waals surface area (Å²) in [5.74, 6) is -11.9. The Kier molecular flexibility index (Phi) is 1.78. The van der Waals surface area contributed by atoms with Crippen LogP contribution in [0.3, 0.4) is 0 Å². The van der Waals surface area contributed by atoms with Crippen LogP contribution in [0.15, 0.2) is 11.8 Å². The predicted octanol–water partition coefficient (Wildman–Crippen LogP) is -3.06. The maximum Gasteiger partial charge on any atom is 0.296 e. The third-order valence-corrected chi connectivity index (χ3v) is 1.65. The Morgan fingerprint density at radius 1 is 1.00 bits per heavy atom. The maximum absolute atomic E-state index is 10.7. The van der Waals surface area contributed by atoms with E-state index >= 15 is 0 Å². The molecule has 7 nitrogen and oxygen atoms in total. The highest BCUT2D eigenvalue weighted by Crippen LogP contribution is 2.26. The van der Waals surface area contributed by atoms with Crippen LogP contribution in [0.5, 0.6) is 0 Å². The number of aliphatic hydroxyl groups excluding tert-OH is 1. The monoisotopic (exact) mass is 190 g/mol. The molecule has 1 rings (SSSR count). The molecular weight excluding hydrogens is 184 g/mol. The van der Waals surface area contributed by atoms with E-state index in [1.54, 1.807) is 0 Å². The Morgan fingerprint density at radius 3 is 1.92 bits per heavy atom. The Hall–Kier alpha value is -1.28. The Morgan fingerprint density at radius 2 is 1.46 bits per heavy atom. The van der Waals surface area contributed by atoms with Crippen LogP contribution >= 0.6 is 0 Å². The molecule has 0 unspecified atom stereocenters. The fraction of sp³-hybridized carbons (Fsp3) is 0.333. The molecule has 13 heavy (non-hydrogen) atoms. The SMILES string of the molecule is O=C1C=C(O)C(=O)C(O)(O)C1(O)O. The molecule has 1 aliphatic carbocycles. The van der Waals surface area contributed by atoms with Crippen LogP contribution in [0.4, 0.5) is 0 Å². The van der Waals surface area contributed by atoms with Crippen molar-refractivity contribution in [3.63, 3.8) is 0 Å². The molecule has 0 amide bonds. The van der Waals surface area contributed by atoms with Gasteiger partial charge in [0, 0.05) is 6.08 Å². The molecular formula is C6H6O7. The minimum atomic E-state index is -3.72. The van der Waals surface area contributed by atoms with Crippen LogP contribution in [0.2, 0.25) is 0 Å². The van der Waals surface area contributed by atoms with Crippen molar-refractivity contribution in [2.24, 2.45) is 0 Å². The number of carbonyl (C=O) groups is 2. The van der Waals surface area contributed by atoms with Crippen molar-refractivity contribution in [2.75, 3.05) is 0 Å². The Balaban J connectivity index is 3.34. The average Bonchev–Trinajstić information content (AvgIpc) is 2.00. The van der Waals surface area contributed by atoms with E-state index in [-0.39, 0.29) is 6.08 Å². The molecule has 0 radical (unpaired) electrons. The largest absolute Gasteiger partial charge is 0.504 e. The smallest absolute Gasteiger partial charge is 0.296 e. The van der Waals surface area contributed by atoms with Gasteiger partial charge in [0.1, 0.15) is 0 Å². The predicted molar refractivity (Wildman–Crippen MR) is 35.1 cm³/mol. The molecule has 7 heteroatoms. The first-order valence-electron chi connectivity index (χ1n) is 3.10. The van der Waals surface area contributed by atoms with Gasteiger partial charge < -0.3 is 25.5 Å². The van der Waals surface area contributed by atoms with Crippen LogP contribution in [0.1, 0.15) is 0 Å². The second-order valence-corrected chi connectivity index (χ2v) is 2.57. The first-order valence-corrected chi connectivity index (χ1v) is 3.10. The van der Waals surface area contributed by atoms with Gasteiger partial charge in [-0.05, 0) is 0 Å². The molecule has 0 atom stereocenters. The summed E-state index contributed by atoms with van der Waals surface area (Å²) in [5, 5.41) is 43.8. The highest BCUT2D eigenvalue weighted by atomic mass is 16.6. The summed E-state index contributed by atoms with van der Waals surface area (Å²) in [4.78, 5) is 21.4. The molecule has 72 valence electrons. The van der Waals surface area contributed by atoms with Crippen molar-refractivity contribution in [1.29, 1.82) is 0 Å². The highest BCUT2D eigenvalue weighted by Gasteiger charge is 2.61. The fourth-order valence-electron chi connectivity index (χ4n) is 0.799. The van der Waals surface area contributed by atoms with Gasteiger partial charge in [0.25, 0.3) is 17.4 Å². The first-order chi connectivity index (χ1) is 5.71. The third-order valence-electron chi connectivity index (χ3n) is 1.65. The number of aliphatic hydroxyl groups is 5. The first kappa shape index (κ1) is 9.81. The van der Waals surface area contributed by atoms with Crippen molar-refractivity contribution in [2.45, 2.75) is 11.6 Å². The number of rotatable bonds is 0. The summed E-state index contributed by atoms with van der Waals surface area (Å²) in [6.45, 7) is 0. The molecule has 0 bridgehead atoms. The van der Waals surface area contributed by atoms with Gasteiger partial charge in [-0.25, -0.2) is 0 Å². The van der Waals surface area contributed by atoms with Gasteiger partial charge in [0.2, 0.25) is 5.78 Å². The number of ketones is 2. The number of hydrogen-bond acceptors (Lipinski definition) is 7. The van der Waals surface area contributed by atoms with E-state index in [2.05, 4.69) is 0 Å². The number of carbonyl (C=O) groups excluding carboxylic acids is 2. The standard InChI is InChI=1S/C6H6O7/c7-2-1-3(8)5(10,11)6(12,13)4(2)9/h1,7,10-13H. The summed E-state index contributed by atoms with van der Waals surface area (Å²) >= 11 is 0. The quantitative estimate of drug-likeness (QED) is 0.256. The van der Waals surface area contributed by atoms with Crippen LogP contribution < -0.4 is 0 Å². The number of hydrogen-bond donors (Lipinski definition) is 5. The summed E-state index contributed by atoms with van der Waals surface area (Å²) in [6.07, 6.45) is 0.201. The van der Waals surface area contributed by atoms with Crippen LogP contribution in [0, 0.1) is 0 Å². The van der Waals surface area contributed by atoms with E-state index < -0.39 is 28.9 Å². The molecule has 1 aliphatic rings. The molecule has 0 saturated carbocycles. The summed E-state index contributed by atoms with van der Waals surface area (Å²) in [5.41, 5.74) is 0. The van der Waals surface area contributed by atoms with Crippen LogP contribution in [-0.2, 0) is 9.59 Å². The topological polar surface area (TPSA) is 135 Å². The summed E-state index contributed by atoms with van der Waals surface area (Å²) in [6, 6.07) is 0. The molecule has 0 spiro atoms. The van der Waals surface area contributed by atoms with Gasteiger partial charge in [-0.1, -0.05) is 0 Å². The number of Topliss-reactive ketones (excluding diaryl/α,β-unsaturated/α-hetero) is 1. The van der Waals surface area contributed by atoms with E-state index in [1.807, 2.05) is 0 Å². The van der Waals surface area contributed by atoms with Gasteiger partial charge in [-0.2, -0.15) is 0 Å². The van der Waals surface area contributed by atoms with E-state index in [4.69, 9.17) is 25.5 Å². The van der Waals surface area contributed by atoms with E-state index in [9.17, 15) is 9.59 Å². The van der Waals surface area contributed by atoms with E-state index in [1.165, 1.54) is 0 Å². The van der Waals surface area contributed by atoms with E-state index in [0.717, 1.165) is 0 Å². The second-order valence-electron chi connectivity index (χ2n) is 2.57. The lowest BCUT2D eigenvalue weighted by Crippen LogP contribution is -2.66. The zero-order valence-corrected chi connectivity index (χ0v) is 6.13. The van der Waals surface area contributed by atoms with Gasteiger partial charge in [-0.15, -0.1) is 0 Å². The zero-order chi connectivity index (χ0) is 10.4. The Bertz CT molecular complexity index is 311. The molecule has 0 aromatic heterocycles. The lowest BCUT2D eigenvalue weighted by molar-refractivity contribution is -0.317. The molecule has 0 fully saturated rings. The normalized spacial score (nSPS) is 25.7. The lowest BCUT2D eigenvalue weighted by Gasteiger charge is -2.33. The maximum atomic E-state index is 10.7. The third kappa shape index (κ3) is 1.06. The minimum absolute atomic E-state index is 0.201. The Labute approximate surface area is 71.2 Å². The molecule has 5 N–H and O–H groups in total. The van der Waals surface area contributed by atoms with Crippen molar-refractivity contribution in [1.82, 2.24) is 0 Å². The molecule has 0 saturated heterocycles. The van der Waals surface area contributed by atoms with Crippen LogP contribution in [-0.4, -0.2) is 48.7 Å².